The van der Waals surface area contributed by atoms with E-state index in [0.29, 0.717) is 5.56 Å². The van der Waals surface area contributed by atoms with E-state index >= 15 is 0 Å². The molecule has 5 rings (SSSR count). The molecule has 0 saturated heterocycles. The van der Waals surface area contributed by atoms with Crippen LogP contribution in [0.15, 0.2) is 83.7 Å². The normalized spacial score (nSPS) is 21.4. The van der Waals surface area contributed by atoms with Gasteiger partial charge in [0.05, 0.1) is 17.3 Å². The predicted octanol–water partition coefficient (Wildman–Crippen LogP) is 5.80. The lowest BCUT2D eigenvalue weighted by molar-refractivity contribution is 0.0680. The van der Waals surface area contributed by atoms with E-state index in [9.17, 15) is 13.6 Å². The lowest BCUT2D eigenvalue weighted by Gasteiger charge is -2.29. The van der Waals surface area contributed by atoms with Crippen molar-refractivity contribution in [2.45, 2.75) is 25.3 Å². The molecular weight excluding hydrogens is 408 g/mol. The summed E-state index contributed by atoms with van der Waals surface area (Å²) in [5.41, 5.74) is 4.09. The van der Waals surface area contributed by atoms with Gasteiger partial charge in [-0.05, 0) is 78.4 Å². The SMILES string of the molecule is O=C(c1cccnc1)N1N=C2/C(=C/c3ccc(F)cc3)CCC[C@@H]2[C@@H]1c1ccc(F)cc1. The second-order valence-corrected chi connectivity index (χ2v) is 8.09. The van der Waals surface area contributed by atoms with Crippen LogP contribution >= 0.6 is 0 Å². The zero-order valence-corrected chi connectivity index (χ0v) is 17.3. The maximum atomic E-state index is 13.6. The van der Waals surface area contributed by atoms with Crippen molar-refractivity contribution in [2.24, 2.45) is 11.0 Å². The van der Waals surface area contributed by atoms with Gasteiger partial charge in [0.1, 0.15) is 11.6 Å². The van der Waals surface area contributed by atoms with Gasteiger partial charge < -0.3 is 0 Å². The monoisotopic (exact) mass is 429 g/mol. The third-order valence-electron chi connectivity index (χ3n) is 6.04. The van der Waals surface area contributed by atoms with Crippen molar-refractivity contribution in [1.82, 2.24) is 9.99 Å². The highest BCUT2D eigenvalue weighted by molar-refractivity contribution is 6.09. The molecule has 1 aliphatic heterocycles. The van der Waals surface area contributed by atoms with Gasteiger partial charge in [0.25, 0.3) is 5.91 Å². The molecule has 4 nitrogen and oxygen atoms in total. The van der Waals surface area contributed by atoms with Crippen LogP contribution in [0.5, 0.6) is 0 Å². The van der Waals surface area contributed by atoms with Crippen LogP contribution < -0.4 is 0 Å². The third-order valence-corrected chi connectivity index (χ3v) is 6.04. The summed E-state index contributed by atoms with van der Waals surface area (Å²) in [5, 5.41) is 6.32. The van der Waals surface area contributed by atoms with Crippen LogP contribution in [-0.2, 0) is 0 Å². The number of nitrogens with zero attached hydrogens (tertiary/aromatic N) is 3. The lowest BCUT2D eigenvalue weighted by atomic mass is 9.77. The zero-order chi connectivity index (χ0) is 22.1. The summed E-state index contributed by atoms with van der Waals surface area (Å²) in [7, 11) is 0. The molecule has 0 unspecified atom stereocenters. The molecule has 3 aromatic rings. The van der Waals surface area contributed by atoms with Gasteiger partial charge in [-0.1, -0.05) is 24.3 Å². The Balaban J connectivity index is 1.57. The Morgan fingerprint density at radius 2 is 1.72 bits per heavy atom. The molecule has 2 aromatic carbocycles. The van der Waals surface area contributed by atoms with E-state index in [0.717, 1.165) is 41.7 Å². The molecule has 32 heavy (non-hydrogen) atoms. The first-order chi connectivity index (χ1) is 15.6. The molecule has 1 amide bonds. The molecule has 0 radical (unpaired) electrons. The minimum atomic E-state index is -0.324. The number of fused-ring (bicyclic) bond motifs is 1. The molecule has 2 atom stereocenters. The Bertz CT molecular complexity index is 1190. The van der Waals surface area contributed by atoms with E-state index < -0.39 is 0 Å². The molecule has 6 heteroatoms. The van der Waals surface area contributed by atoms with E-state index in [1.807, 2.05) is 6.08 Å². The standard InChI is InChI=1S/C26H21F2N3O/c27-21-10-6-17(7-11-21)15-19-3-1-5-23-24(19)30-31(26(32)20-4-2-14-29-16-20)25(23)18-8-12-22(28)13-9-18/h2,4,6-16,23,25H,1,3,5H2/b19-15+/t23-,25-/m0/s1. The Morgan fingerprint density at radius 1 is 1.00 bits per heavy atom. The van der Waals surface area contributed by atoms with Gasteiger partial charge in [0.15, 0.2) is 0 Å². The van der Waals surface area contributed by atoms with Crippen molar-refractivity contribution < 1.29 is 13.6 Å². The number of hydrogen-bond acceptors (Lipinski definition) is 3. The summed E-state index contributed by atoms with van der Waals surface area (Å²) >= 11 is 0. The molecule has 0 bridgehead atoms. The quantitative estimate of drug-likeness (QED) is 0.529. The summed E-state index contributed by atoms with van der Waals surface area (Å²) < 4.78 is 26.9. The average Bonchev–Trinajstić information content (AvgIpc) is 3.22. The number of carbonyl (C=O) groups excluding carboxylic acids is 1. The Labute approximate surface area is 184 Å². The number of hydrazone groups is 1. The third kappa shape index (κ3) is 3.84. The molecule has 1 fully saturated rings. The molecule has 1 aromatic heterocycles. The van der Waals surface area contributed by atoms with Gasteiger partial charge >= 0.3 is 0 Å². The first-order valence-electron chi connectivity index (χ1n) is 10.6. The van der Waals surface area contributed by atoms with Crippen LogP contribution in [0.4, 0.5) is 8.78 Å². The van der Waals surface area contributed by atoms with Gasteiger partial charge in [-0.15, -0.1) is 0 Å². The molecular formula is C26H21F2N3O. The number of rotatable bonds is 3. The van der Waals surface area contributed by atoms with Gasteiger partial charge in [0.2, 0.25) is 0 Å². The minimum absolute atomic E-state index is 0.00142. The molecule has 2 heterocycles. The average molecular weight is 429 g/mol. The highest BCUT2D eigenvalue weighted by Gasteiger charge is 2.44. The van der Waals surface area contributed by atoms with Crippen molar-refractivity contribution in [2.75, 3.05) is 0 Å². The number of halogens is 2. The second kappa shape index (κ2) is 8.46. The molecule has 0 N–H and O–H groups in total. The first-order valence-corrected chi connectivity index (χ1v) is 10.6. The van der Waals surface area contributed by atoms with Crippen LogP contribution in [0, 0.1) is 17.6 Å². The van der Waals surface area contributed by atoms with Crippen molar-refractivity contribution in [3.05, 3.63) is 107 Å². The largest absolute Gasteiger partial charge is 0.276 e. The summed E-state index contributed by atoms with van der Waals surface area (Å²) in [6.45, 7) is 0. The first kappa shape index (κ1) is 20.2. The molecule has 160 valence electrons. The van der Waals surface area contributed by atoms with Crippen molar-refractivity contribution in [3.8, 4) is 0 Å². The fourth-order valence-electron chi connectivity index (χ4n) is 4.54. The highest BCUT2D eigenvalue weighted by Crippen LogP contribution is 2.44. The van der Waals surface area contributed by atoms with Crippen molar-refractivity contribution in [3.63, 3.8) is 0 Å². The molecule has 1 saturated carbocycles. The van der Waals surface area contributed by atoms with E-state index in [1.165, 1.54) is 35.5 Å². The number of amides is 1. The smallest absolute Gasteiger partial charge is 0.267 e. The maximum Gasteiger partial charge on any atom is 0.276 e. The molecule has 2 aliphatic rings. The minimum Gasteiger partial charge on any atom is -0.267 e. The summed E-state index contributed by atoms with van der Waals surface area (Å²) in [6.07, 6.45) is 7.82. The number of allylic oxidation sites excluding steroid dienone is 1. The van der Waals surface area contributed by atoms with Gasteiger partial charge in [0, 0.05) is 18.3 Å². The Hall–Kier alpha value is -3.67. The Morgan fingerprint density at radius 3 is 2.41 bits per heavy atom. The zero-order valence-electron chi connectivity index (χ0n) is 17.3. The van der Waals surface area contributed by atoms with Crippen LogP contribution in [0.1, 0.15) is 46.8 Å². The second-order valence-electron chi connectivity index (χ2n) is 8.09. The van der Waals surface area contributed by atoms with Crippen LogP contribution in [0.2, 0.25) is 0 Å². The Kier molecular flexibility index (Phi) is 5.35. The van der Waals surface area contributed by atoms with Crippen LogP contribution in [0.25, 0.3) is 6.08 Å². The molecule has 0 spiro atoms. The summed E-state index contributed by atoms with van der Waals surface area (Å²) in [5.74, 6) is -0.841. The van der Waals surface area contributed by atoms with E-state index in [2.05, 4.69) is 4.98 Å². The lowest BCUT2D eigenvalue weighted by Crippen LogP contribution is -2.32. The van der Waals surface area contributed by atoms with Gasteiger partial charge in [-0.25, -0.2) is 13.8 Å². The van der Waals surface area contributed by atoms with E-state index in [4.69, 9.17) is 5.10 Å². The number of pyridine rings is 1. The van der Waals surface area contributed by atoms with Crippen LogP contribution in [-0.4, -0.2) is 21.6 Å². The fraction of sp³-hybridized carbons (Fsp3) is 0.192. The van der Waals surface area contributed by atoms with Crippen molar-refractivity contribution in [1.29, 1.82) is 0 Å². The fourth-order valence-corrected chi connectivity index (χ4v) is 4.54. The van der Waals surface area contributed by atoms with Crippen molar-refractivity contribution >= 4 is 17.7 Å². The topological polar surface area (TPSA) is 45.6 Å². The predicted molar refractivity (Wildman–Crippen MR) is 119 cm³/mol. The number of benzene rings is 2. The number of carbonyl (C=O) groups is 1. The number of aromatic nitrogens is 1. The summed E-state index contributed by atoms with van der Waals surface area (Å²) in [6, 6.07) is 15.7. The van der Waals surface area contributed by atoms with Gasteiger partial charge in [-0.2, -0.15) is 5.10 Å². The van der Waals surface area contributed by atoms with Crippen LogP contribution in [0.3, 0.4) is 0 Å². The highest BCUT2D eigenvalue weighted by atomic mass is 19.1. The molecule has 1 aliphatic carbocycles. The summed E-state index contributed by atoms with van der Waals surface area (Å²) in [4.78, 5) is 17.5. The number of hydrogen-bond donors (Lipinski definition) is 0. The van der Waals surface area contributed by atoms with E-state index in [-0.39, 0.29) is 29.5 Å². The van der Waals surface area contributed by atoms with E-state index in [1.54, 1.807) is 42.6 Å². The maximum absolute atomic E-state index is 13.6. The van der Waals surface area contributed by atoms with Gasteiger partial charge in [-0.3, -0.25) is 9.78 Å².